The zero-order valence-electron chi connectivity index (χ0n) is 14.9. The second kappa shape index (κ2) is 6.40. The van der Waals surface area contributed by atoms with Crippen LogP contribution in [0.1, 0.15) is 30.5 Å². The zero-order valence-corrected chi connectivity index (χ0v) is 14.9. The van der Waals surface area contributed by atoms with Gasteiger partial charge in [-0.15, -0.1) is 0 Å². The quantitative estimate of drug-likeness (QED) is 0.714. The van der Waals surface area contributed by atoms with Gasteiger partial charge in [-0.3, -0.25) is 4.79 Å². The van der Waals surface area contributed by atoms with E-state index in [1.807, 2.05) is 0 Å². The van der Waals surface area contributed by atoms with Crippen molar-refractivity contribution in [3.63, 3.8) is 0 Å². The molecule has 0 radical (unpaired) electrons. The van der Waals surface area contributed by atoms with Gasteiger partial charge in [0.1, 0.15) is 18.0 Å². The molecule has 1 fully saturated rings. The number of hydrogen-bond donors (Lipinski definition) is 0. The first kappa shape index (κ1) is 16.4. The molecule has 1 aromatic carbocycles. The minimum absolute atomic E-state index is 0.0407. The molecule has 3 aromatic rings. The van der Waals surface area contributed by atoms with Crippen LogP contribution in [0.25, 0.3) is 10.9 Å². The smallest absolute Gasteiger partial charge is 0.267 e. The van der Waals surface area contributed by atoms with Gasteiger partial charge in [0.15, 0.2) is 0 Å². The number of aryl methyl sites for hydroxylation is 2. The zero-order chi connectivity index (χ0) is 18.4. The monoisotopic (exact) mass is 365 g/mol. The lowest BCUT2D eigenvalue weighted by Gasteiger charge is -2.27. The van der Waals surface area contributed by atoms with Crippen LogP contribution in [-0.4, -0.2) is 32.3 Å². The fourth-order valence-corrected chi connectivity index (χ4v) is 4.32. The molecule has 1 saturated heterocycles. The van der Waals surface area contributed by atoms with Crippen LogP contribution in [0, 0.1) is 5.82 Å². The molecular formula is C20H20FN5O. The molecule has 1 atom stereocenters. The molecule has 7 heteroatoms. The first-order valence-corrected chi connectivity index (χ1v) is 9.46. The molecule has 1 aliphatic carbocycles. The number of anilines is 1. The molecule has 0 amide bonds. The predicted molar refractivity (Wildman–Crippen MR) is 100 cm³/mol. The maximum Gasteiger partial charge on any atom is 0.267 e. The van der Waals surface area contributed by atoms with Crippen molar-refractivity contribution in [1.82, 2.24) is 19.7 Å². The van der Waals surface area contributed by atoms with Gasteiger partial charge in [-0.1, -0.05) is 0 Å². The van der Waals surface area contributed by atoms with Gasteiger partial charge < -0.3 is 4.90 Å². The van der Waals surface area contributed by atoms with Gasteiger partial charge in [-0.05, 0) is 55.9 Å². The second-order valence-electron chi connectivity index (χ2n) is 7.34. The average Bonchev–Trinajstić information content (AvgIpc) is 3.30. The van der Waals surface area contributed by atoms with Crippen LogP contribution in [0.5, 0.6) is 0 Å². The fraction of sp³-hybridized carbons (Fsp3) is 0.400. The molecule has 5 rings (SSSR count). The largest absolute Gasteiger partial charge is 0.351 e. The molecule has 27 heavy (non-hydrogen) atoms. The van der Waals surface area contributed by atoms with E-state index < -0.39 is 0 Å². The Labute approximate surface area is 155 Å². The second-order valence-corrected chi connectivity index (χ2v) is 7.34. The van der Waals surface area contributed by atoms with Crippen LogP contribution in [-0.2, 0) is 19.4 Å². The molecule has 0 saturated carbocycles. The topological polar surface area (TPSA) is 63.9 Å². The summed E-state index contributed by atoms with van der Waals surface area (Å²) in [6, 6.07) is 6.42. The molecule has 6 nitrogen and oxygen atoms in total. The van der Waals surface area contributed by atoms with Gasteiger partial charge in [-0.2, -0.15) is 5.10 Å². The van der Waals surface area contributed by atoms with E-state index in [-0.39, 0.29) is 17.4 Å². The molecule has 1 unspecified atom stereocenters. The van der Waals surface area contributed by atoms with Crippen molar-refractivity contribution in [1.29, 1.82) is 0 Å². The minimum atomic E-state index is -0.300. The molecule has 0 spiro atoms. The maximum absolute atomic E-state index is 13.8. The SMILES string of the molecule is O=c1cc2c(nn1CC1CCCN1c1ncnc3ccc(F)cc13)CCC2. The first-order valence-electron chi connectivity index (χ1n) is 9.46. The first-order chi connectivity index (χ1) is 13.2. The van der Waals surface area contributed by atoms with Gasteiger partial charge >= 0.3 is 0 Å². The number of fused-ring (bicyclic) bond motifs is 2. The van der Waals surface area contributed by atoms with Crippen molar-refractivity contribution in [3.8, 4) is 0 Å². The number of aromatic nitrogens is 4. The normalized spacial score (nSPS) is 19.0. The Morgan fingerprint density at radius 2 is 2.07 bits per heavy atom. The number of benzene rings is 1. The number of nitrogens with zero attached hydrogens (tertiary/aromatic N) is 5. The number of rotatable bonds is 3. The Kier molecular flexibility index (Phi) is 3.88. The highest BCUT2D eigenvalue weighted by Crippen LogP contribution is 2.30. The van der Waals surface area contributed by atoms with Gasteiger partial charge in [-0.25, -0.2) is 19.0 Å². The summed E-state index contributed by atoms with van der Waals surface area (Å²) in [4.78, 5) is 23.3. The highest BCUT2D eigenvalue weighted by molar-refractivity contribution is 5.89. The number of hydrogen-bond acceptors (Lipinski definition) is 5. The summed E-state index contributed by atoms with van der Waals surface area (Å²) in [6.07, 6.45) is 6.44. The molecule has 0 N–H and O–H groups in total. The van der Waals surface area contributed by atoms with Gasteiger partial charge in [0, 0.05) is 18.0 Å². The molecule has 3 heterocycles. The predicted octanol–water partition coefficient (Wildman–Crippen LogP) is 2.48. The van der Waals surface area contributed by atoms with Crippen molar-refractivity contribution in [2.75, 3.05) is 11.4 Å². The van der Waals surface area contributed by atoms with Crippen molar-refractivity contribution in [3.05, 3.63) is 58.0 Å². The Hall–Kier alpha value is -2.83. The van der Waals surface area contributed by atoms with E-state index in [0.717, 1.165) is 61.2 Å². The van der Waals surface area contributed by atoms with E-state index in [0.29, 0.717) is 11.9 Å². The number of halogens is 1. The van der Waals surface area contributed by atoms with E-state index in [1.54, 1.807) is 16.8 Å². The Bertz CT molecular complexity index is 1080. The molecule has 138 valence electrons. The fourth-order valence-electron chi connectivity index (χ4n) is 4.32. The average molecular weight is 365 g/mol. The summed E-state index contributed by atoms with van der Waals surface area (Å²) in [5.41, 5.74) is 2.83. The third kappa shape index (κ3) is 2.87. The lowest BCUT2D eigenvalue weighted by atomic mass is 10.2. The third-order valence-electron chi connectivity index (χ3n) is 5.63. The van der Waals surface area contributed by atoms with Gasteiger partial charge in [0.2, 0.25) is 0 Å². The van der Waals surface area contributed by atoms with Crippen molar-refractivity contribution < 1.29 is 4.39 Å². The molecule has 2 aliphatic rings. The summed E-state index contributed by atoms with van der Waals surface area (Å²) in [7, 11) is 0. The lowest BCUT2D eigenvalue weighted by molar-refractivity contribution is 0.482. The van der Waals surface area contributed by atoms with Crippen LogP contribution in [0.4, 0.5) is 10.2 Å². The summed E-state index contributed by atoms with van der Waals surface area (Å²) in [6.45, 7) is 1.35. The lowest BCUT2D eigenvalue weighted by Crippen LogP contribution is -2.38. The van der Waals surface area contributed by atoms with Crippen LogP contribution >= 0.6 is 0 Å². The van der Waals surface area contributed by atoms with Gasteiger partial charge in [0.25, 0.3) is 5.56 Å². The molecule has 1 aliphatic heterocycles. The minimum Gasteiger partial charge on any atom is -0.351 e. The van der Waals surface area contributed by atoms with E-state index in [9.17, 15) is 9.18 Å². The summed E-state index contributed by atoms with van der Waals surface area (Å²) >= 11 is 0. The Morgan fingerprint density at radius 3 is 3.00 bits per heavy atom. The molecule has 2 aromatic heterocycles. The summed E-state index contributed by atoms with van der Waals surface area (Å²) in [5.74, 6) is 0.432. The van der Waals surface area contributed by atoms with Crippen molar-refractivity contribution in [2.24, 2.45) is 0 Å². The Morgan fingerprint density at radius 1 is 1.15 bits per heavy atom. The van der Waals surface area contributed by atoms with E-state index >= 15 is 0 Å². The summed E-state index contributed by atoms with van der Waals surface area (Å²) in [5, 5.41) is 5.31. The van der Waals surface area contributed by atoms with Gasteiger partial charge in [0.05, 0.1) is 23.8 Å². The molecule has 0 bridgehead atoms. The van der Waals surface area contributed by atoms with Crippen LogP contribution in [0.2, 0.25) is 0 Å². The van der Waals surface area contributed by atoms with Crippen LogP contribution in [0.15, 0.2) is 35.4 Å². The highest BCUT2D eigenvalue weighted by Gasteiger charge is 2.28. The maximum atomic E-state index is 13.8. The van der Waals surface area contributed by atoms with Crippen molar-refractivity contribution >= 4 is 16.7 Å². The molecular weight excluding hydrogens is 345 g/mol. The van der Waals surface area contributed by atoms with Crippen LogP contribution < -0.4 is 10.5 Å². The van der Waals surface area contributed by atoms with Crippen molar-refractivity contribution in [2.45, 2.75) is 44.7 Å². The van der Waals surface area contributed by atoms with E-state index in [1.165, 1.54) is 18.5 Å². The highest BCUT2D eigenvalue weighted by atomic mass is 19.1. The van der Waals surface area contributed by atoms with E-state index in [2.05, 4.69) is 20.0 Å². The Balaban J connectivity index is 1.50. The standard InChI is InChI=1S/C20H20FN5O/c21-14-6-7-18-16(10-14)20(23-12-22-18)25-8-2-4-15(25)11-26-19(27)9-13-3-1-5-17(13)24-26/h6-7,9-10,12,15H,1-5,8,11H2. The third-order valence-corrected chi connectivity index (χ3v) is 5.63. The van der Waals surface area contributed by atoms with Crippen LogP contribution in [0.3, 0.4) is 0 Å². The van der Waals surface area contributed by atoms with E-state index in [4.69, 9.17) is 0 Å². The summed E-state index contributed by atoms with van der Waals surface area (Å²) < 4.78 is 15.4.